The van der Waals surface area contributed by atoms with E-state index in [0.29, 0.717) is 5.71 Å². The number of thiophene rings is 1. The summed E-state index contributed by atoms with van der Waals surface area (Å²) in [5.74, 6) is 0. The molecule has 0 aliphatic carbocycles. The minimum absolute atomic E-state index is 0.665. The topological polar surface area (TPSA) is 51.8 Å². The summed E-state index contributed by atoms with van der Waals surface area (Å²) >= 11 is 1.71. The molecular formula is C25H17N3OS. The third-order valence-electron chi connectivity index (χ3n) is 5.35. The summed E-state index contributed by atoms with van der Waals surface area (Å²) in [7, 11) is 0. The van der Waals surface area contributed by atoms with Gasteiger partial charge in [-0.15, -0.1) is 11.3 Å². The third kappa shape index (κ3) is 2.63. The number of hydrogen-bond donors (Lipinski definition) is 0. The molecule has 144 valence electrons. The molecule has 0 atom stereocenters. The zero-order chi connectivity index (χ0) is 20.2. The highest BCUT2D eigenvalue weighted by Gasteiger charge is 2.18. The van der Waals surface area contributed by atoms with Crippen molar-refractivity contribution in [3.63, 3.8) is 0 Å². The maximum atomic E-state index is 6.25. The first-order chi connectivity index (χ1) is 14.7. The first-order valence-electron chi connectivity index (χ1n) is 9.78. The van der Waals surface area contributed by atoms with Gasteiger partial charge in [-0.1, -0.05) is 30.3 Å². The van der Waals surface area contributed by atoms with E-state index < -0.39 is 0 Å². The Labute approximate surface area is 176 Å². The van der Waals surface area contributed by atoms with E-state index in [0.717, 1.165) is 49.1 Å². The molecule has 0 saturated heterocycles. The molecule has 0 unspecified atom stereocenters. The van der Waals surface area contributed by atoms with Crippen LogP contribution in [0, 0.1) is 13.8 Å². The Balaban J connectivity index is 1.65. The van der Waals surface area contributed by atoms with Gasteiger partial charge in [0.05, 0.1) is 15.9 Å². The van der Waals surface area contributed by atoms with E-state index in [4.69, 9.17) is 4.42 Å². The number of aromatic nitrogens is 3. The van der Waals surface area contributed by atoms with Crippen LogP contribution in [0.4, 0.5) is 0 Å². The van der Waals surface area contributed by atoms with Gasteiger partial charge in [0.2, 0.25) is 5.71 Å². The van der Waals surface area contributed by atoms with Crippen LogP contribution in [-0.4, -0.2) is 15.0 Å². The normalized spacial score (nSPS) is 11.7. The number of benzene rings is 2. The molecule has 2 aromatic carbocycles. The summed E-state index contributed by atoms with van der Waals surface area (Å²) in [5.41, 5.74) is 7.60. The number of furan rings is 1. The zero-order valence-electron chi connectivity index (χ0n) is 16.5. The largest absolute Gasteiger partial charge is 0.437 e. The second-order valence-electron chi connectivity index (χ2n) is 7.51. The zero-order valence-corrected chi connectivity index (χ0v) is 17.3. The Morgan fingerprint density at radius 3 is 2.60 bits per heavy atom. The molecule has 30 heavy (non-hydrogen) atoms. The lowest BCUT2D eigenvalue weighted by atomic mass is 10.0. The molecule has 0 fully saturated rings. The maximum Gasteiger partial charge on any atom is 0.227 e. The van der Waals surface area contributed by atoms with Gasteiger partial charge >= 0.3 is 0 Å². The van der Waals surface area contributed by atoms with Crippen molar-refractivity contribution >= 4 is 43.6 Å². The van der Waals surface area contributed by atoms with Crippen LogP contribution in [0.2, 0.25) is 0 Å². The fourth-order valence-electron chi connectivity index (χ4n) is 3.96. The minimum Gasteiger partial charge on any atom is -0.437 e. The van der Waals surface area contributed by atoms with Gasteiger partial charge in [-0.3, -0.25) is 0 Å². The van der Waals surface area contributed by atoms with Crippen LogP contribution in [0.1, 0.15) is 11.3 Å². The molecule has 6 aromatic rings. The van der Waals surface area contributed by atoms with Gasteiger partial charge in [-0.2, -0.15) is 0 Å². The lowest BCUT2D eigenvalue weighted by molar-refractivity contribution is 0.653. The van der Waals surface area contributed by atoms with Crippen molar-refractivity contribution in [3.8, 4) is 21.7 Å². The van der Waals surface area contributed by atoms with E-state index in [1.807, 2.05) is 19.1 Å². The minimum atomic E-state index is 0.665. The van der Waals surface area contributed by atoms with Crippen LogP contribution < -0.4 is 0 Å². The summed E-state index contributed by atoms with van der Waals surface area (Å²) in [4.78, 5) is 15.0. The SMILES string of the molecule is Cc1cc(-c2ncnc3cc(-c4ccccc4)sc23)c2oc3nc(C)ccc3c2c1. The van der Waals surface area contributed by atoms with Crippen molar-refractivity contribution in [2.24, 2.45) is 0 Å². The smallest absolute Gasteiger partial charge is 0.227 e. The first-order valence-corrected chi connectivity index (χ1v) is 10.6. The third-order valence-corrected chi connectivity index (χ3v) is 6.53. The maximum absolute atomic E-state index is 6.25. The fraction of sp³-hybridized carbons (Fsp3) is 0.0800. The number of nitrogens with zero attached hydrogens (tertiary/aromatic N) is 3. The van der Waals surface area contributed by atoms with E-state index in [1.165, 1.54) is 10.4 Å². The van der Waals surface area contributed by atoms with Crippen LogP contribution >= 0.6 is 11.3 Å². The average molecular weight is 407 g/mol. The predicted molar refractivity (Wildman–Crippen MR) is 123 cm³/mol. The molecule has 4 nitrogen and oxygen atoms in total. The van der Waals surface area contributed by atoms with E-state index in [2.05, 4.69) is 70.4 Å². The van der Waals surface area contributed by atoms with Crippen molar-refractivity contribution < 1.29 is 4.42 Å². The number of fused-ring (bicyclic) bond motifs is 4. The van der Waals surface area contributed by atoms with E-state index in [1.54, 1.807) is 17.7 Å². The second-order valence-corrected chi connectivity index (χ2v) is 8.56. The molecule has 0 radical (unpaired) electrons. The quantitative estimate of drug-likeness (QED) is 0.312. The fourth-order valence-corrected chi connectivity index (χ4v) is 5.08. The lowest BCUT2D eigenvalue weighted by Gasteiger charge is -2.05. The Hall–Kier alpha value is -3.57. The average Bonchev–Trinajstić information content (AvgIpc) is 3.35. The molecule has 6 rings (SSSR count). The van der Waals surface area contributed by atoms with Gasteiger partial charge in [-0.25, -0.2) is 15.0 Å². The highest BCUT2D eigenvalue weighted by atomic mass is 32.1. The predicted octanol–water partition coefficient (Wildman–Crippen LogP) is 6.94. The highest BCUT2D eigenvalue weighted by molar-refractivity contribution is 7.22. The number of rotatable bonds is 2. The van der Waals surface area contributed by atoms with Crippen LogP contribution in [0.15, 0.2) is 71.4 Å². The standard InChI is InChI=1S/C25H17N3OS/c1-14-10-18-17-9-8-15(2)28-25(17)29-23(18)19(11-14)22-24-20(26-13-27-22)12-21(30-24)16-6-4-3-5-7-16/h3-13H,1-2H3. The molecule has 4 aromatic heterocycles. The Morgan fingerprint density at radius 1 is 0.867 bits per heavy atom. The molecule has 0 N–H and O–H groups in total. The monoisotopic (exact) mass is 407 g/mol. The summed E-state index contributed by atoms with van der Waals surface area (Å²) in [6.07, 6.45) is 1.64. The molecule has 0 aliphatic rings. The van der Waals surface area contributed by atoms with Crippen LogP contribution in [0.25, 0.3) is 54.0 Å². The Morgan fingerprint density at radius 2 is 1.73 bits per heavy atom. The van der Waals surface area contributed by atoms with Crippen LogP contribution in [-0.2, 0) is 0 Å². The van der Waals surface area contributed by atoms with Crippen molar-refractivity contribution in [2.45, 2.75) is 13.8 Å². The van der Waals surface area contributed by atoms with E-state index >= 15 is 0 Å². The summed E-state index contributed by atoms with van der Waals surface area (Å²) < 4.78 is 7.31. The lowest BCUT2D eigenvalue weighted by Crippen LogP contribution is -1.87. The molecule has 4 heterocycles. The van der Waals surface area contributed by atoms with Gasteiger partial charge < -0.3 is 4.42 Å². The molecular weight excluding hydrogens is 390 g/mol. The Bertz CT molecular complexity index is 1560. The summed E-state index contributed by atoms with van der Waals surface area (Å²) in [5, 5.41) is 2.10. The van der Waals surface area contributed by atoms with Gasteiger partial charge in [0, 0.05) is 26.9 Å². The van der Waals surface area contributed by atoms with Crippen molar-refractivity contribution in [2.75, 3.05) is 0 Å². The molecule has 0 saturated carbocycles. The van der Waals surface area contributed by atoms with Crippen molar-refractivity contribution in [1.29, 1.82) is 0 Å². The van der Waals surface area contributed by atoms with Gasteiger partial charge in [-0.05, 0) is 55.3 Å². The summed E-state index contributed by atoms with van der Waals surface area (Å²) in [6, 6.07) is 20.9. The molecule has 0 aliphatic heterocycles. The van der Waals surface area contributed by atoms with Gasteiger partial charge in [0.15, 0.2) is 0 Å². The van der Waals surface area contributed by atoms with E-state index in [9.17, 15) is 0 Å². The molecule has 0 bridgehead atoms. The Kier molecular flexibility index (Phi) is 3.73. The van der Waals surface area contributed by atoms with Crippen molar-refractivity contribution in [1.82, 2.24) is 15.0 Å². The second kappa shape index (κ2) is 6.47. The molecule has 5 heteroatoms. The molecule has 0 spiro atoms. The number of pyridine rings is 1. The number of aryl methyl sites for hydroxylation is 2. The summed E-state index contributed by atoms with van der Waals surface area (Å²) in [6.45, 7) is 4.08. The van der Waals surface area contributed by atoms with Gasteiger partial charge in [0.1, 0.15) is 11.9 Å². The van der Waals surface area contributed by atoms with Crippen molar-refractivity contribution in [3.05, 3.63) is 78.2 Å². The van der Waals surface area contributed by atoms with Gasteiger partial charge in [0.25, 0.3) is 0 Å². The van der Waals surface area contributed by atoms with Crippen LogP contribution in [0.3, 0.4) is 0 Å². The number of hydrogen-bond acceptors (Lipinski definition) is 5. The molecule has 0 amide bonds. The highest BCUT2D eigenvalue weighted by Crippen LogP contribution is 2.41. The van der Waals surface area contributed by atoms with Crippen LogP contribution in [0.5, 0.6) is 0 Å². The first kappa shape index (κ1) is 17.3. The van der Waals surface area contributed by atoms with E-state index in [-0.39, 0.29) is 0 Å².